The van der Waals surface area contributed by atoms with E-state index >= 15 is 0 Å². The molecule has 158 valence electrons. The number of carbonyl (C=O) groups excluding carboxylic acids is 1. The fraction of sp³-hybridized carbons (Fsp3) is 0.174. The topological polar surface area (TPSA) is 64.0 Å². The molecule has 4 rings (SSSR count). The Kier molecular flexibility index (Phi) is 6.20. The first-order valence-electron chi connectivity index (χ1n) is 9.63. The zero-order valence-electron chi connectivity index (χ0n) is 17.0. The molecule has 0 saturated heterocycles. The number of nitrogens with zero attached hydrogens (tertiary/aromatic N) is 2. The number of anilines is 1. The third-order valence-electron chi connectivity index (χ3n) is 4.78. The quantitative estimate of drug-likeness (QED) is 0.330. The summed E-state index contributed by atoms with van der Waals surface area (Å²) in [5.74, 6) is -0.397. The molecule has 2 heterocycles. The Balaban J connectivity index is 1.58. The lowest BCUT2D eigenvalue weighted by molar-refractivity contribution is -0.113. The fourth-order valence-electron chi connectivity index (χ4n) is 3.13. The summed E-state index contributed by atoms with van der Waals surface area (Å²) < 4.78 is 15.4. The summed E-state index contributed by atoms with van der Waals surface area (Å²) in [6.45, 7) is 4.16. The second-order valence-electron chi connectivity index (χ2n) is 7.20. The van der Waals surface area contributed by atoms with Crippen LogP contribution in [-0.2, 0) is 11.3 Å². The van der Waals surface area contributed by atoms with Crippen molar-refractivity contribution >= 4 is 44.9 Å². The van der Waals surface area contributed by atoms with Gasteiger partial charge in [0.25, 0.3) is 5.56 Å². The number of amides is 1. The molecule has 0 bridgehead atoms. The summed E-state index contributed by atoms with van der Waals surface area (Å²) >= 11 is 2.54. The van der Waals surface area contributed by atoms with Crippen molar-refractivity contribution in [3.63, 3.8) is 0 Å². The standard InChI is InChI=1S/C23H20FN3O2S2/c1-14-3-4-15(2)19(11-14)25-20(28)13-31-23-26-18-9-10-30-21(18)22(29)27(23)12-16-5-7-17(24)8-6-16/h3-11H,12-13H2,1-2H3,(H,25,28). The lowest BCUT2D eigenvalue weighted by atomic mass is 10.1. The number of carbonyl (C=O) groups is 1. The number of hydrogen-bond donors (Lipinski definition) is 1. The van der Waals surface area contributed by atoms with E-state index < -0.39 is 0 Å². The summed E-state index contributed by atoms with van der Waals surface area (Å²) in [5, 5.41) is 5.21. The number of nitrogens with one attached hydrogen (secondary N) is 1. The Morgan fingerprint density at radius 3 is 2.71 bits per heavy atom. The van der Waals surface area contributed by atoms with Gasteiger partial charge in [-0.25, -0.2) is 9.37 Å². The van der Waals surface area contributed by atoms with Gasteiger partial charge in [0.2, 0.25) is 5.91 Å². The highest BCUT2D eigenvalue weighted by Gasteiger charge is 2.15. The van der Waals surface area contributed by atoms with Crippen molar-refractivity contribution in [2.75, 3.05) is 11.1 Å². The normalized spacial score (nSPS) is 11.1. The van der Waals surface area contributed by atoms with Crippen LogP contribution in [0.25, 0.3) is 10.2 Å². The maximum Gasteiger partial charge on any atom is 0.272 e. The third-order valence-corrected chi connectivity index (χ3v) is 6.65. The number of rotatable bonds is 6. The second kappa shape index (κ2) is 9.03. The van der Waals surface area contributed by atoms with Crippen molar-refractivity contribution in [1.82, 2.24) is 9.55 Å². The van der Waals surface area contributed by atoms with E-state index in [4.69, 9.17) is 0 Å². The minimum atomic E-state index is -0.333. The molecule has 4 aromatic rings. The van der Waals surface area contributed by atoms with Crippen LogP contribution in [0.2, 0.25) is 0 Å². The maximum absolute atomic E-state index is 13.3. The summed E-state index contributed by atoms with van der Waals surface area (Å²) in [6.07, 6.45) is 0. The lowest BCUT2D eigenvalue weighted by Gasteiger charge is -2.13. The van der Waals surface area contributed by atoms with Crippen molar-refractivity contribution in [3.8, 4) is 0 Å². The number of thioether (sulfide) groups is 1. The first kappa shape index (κ1) is 21.3. The molecule has 0 unspecified atom stereocenters. The van der Waals surface area contributed by atoms with E-state index in [1.54, 1.807) is 22.8 Å². The number of thiophene rings is 1. The second-order valence-corrected chi connectivity index (χ2v) is 9.06. The van der Waals surface area contributed by atoms with Gasteiger partial charge in [-0.3, -0.25) is 14.2 Å². The molecule has 1 N–H and O–H groups in total. The lowest BCUT2D eigenvalue weighted by Crippen LogP contribution is -2.24. The smallest absolute Gasteiger partial charge is 0.272 e. The molecule has 2 aromatic heterocycles. The van der Waals surface area contributed by atoms with Crippen molar-refractivity contribution in [2.24, 2.45) is 0 Å². The van der Waals surface area contributed by atoms with Crippen LogP contribution in [0.4, 0.5) is 10.1 Å². The minimum absolute atomic E-state index is 0.110. The van der Waals surface area contributed by atoms with Crippen molar-refractivity contribution < 1.29 is 9.18 Å². The molecule has 0 spiro atoms. The number of halogens is 1. The van der Waals surface area contributed by atoms with E-state index in [9.17, 15) is 14.0 Å². The molecular weight excluding hydrogens is 433 g/mol. The Bertz CT molecular complexity index is 1310. The van der Waals surface area contributed by atoms with Gasteiger partial charge in [-0.2, -0.15) is 0 Å². The molecule has 0 aliphatic heterocycles. The predicted octanol–water partition coefficient (Wildman–Crippen LogP) is 4.99. The van der Waals surface area contributed by atoms with Gasteiger partial charge in [0.1, 0.15) is 10.5 Å². The number of hydrogen-bond acceptors (Lipinski definition) is 5. The van der Waals surface area contributed by atoms with Crippen molar-refractivity contribution in [1.29, 1.82) is 0 Å². The first-order valence-corrected chi connectivity index (χ1v) is 11.5. The highest BCUT2D eigenvalue weighted by Crippen LogP contribution is 2.23. The summed E-state index contributed by atoms with van der Waals surface area (Å²) in [6, 6.07) is 13.7. The molecule has 0 saturated carbocycles. The zero-order chi connectivity index (χ0) is 22.0. The van der Waals surface area contributed by atoms with Crippen LogP contribution in [0.3, 0.4) is 0 Å². The highest BCUT2D eigenvalue weighted by atomic mass is 32.2. The predicted molar refractivity (Wildman–Crippen MR) is 125 cm³/mol. The van der Waals surface area contributed by atoms with Gasteiger partial charge < -0.3 is 5.32 Å². The fourth-order valence-corrected chi connectivity index (χ4v) is 4.71. The van der Waals surface area contributed by atoms with Crippen LogP contribution in [0.1, 0.15) is 16.7 Å². The van der Waals surface area contributed by atoms with E-state index in [1.165, 1.54) is 35.2 Å². The highest BCUT2D eigenvalue weighted by molar-refractivity contribution is 7.99. The molecule has 0 aliphatic carbocycles. The van der Waals surface area contributed by atoms with E-state index in [-0.39, 0.29) is 29.6 Å². The van der Waals surface area contributed by atoms with Gasteiger partial charge >= 0.3 is 0 Å². The van der Waals surface area contributed by atoms with Crippen LogP contribution >= 0.6 is 23.1 Å². The Labute approximate surface area is 187 Å². The zero-order valence-corrected chi connectivity index (χ0v) is 18.6. The van der Waals surface area contributed by atoms with Gasteiger partial charge in [-0.1, -0.05) is 36.0 Å². The van der Waals surface area contributed by atoms with Crippen LogP contribution < -0.4 is 10.9 Å². The minimum Gasteiger partial charge on any atom is -0.325 e. The van der Waals surface area contributed by atoms with Crippen LogP contribution in [0, 0.1) is 19.7 Å². The average molecular weight is 454 g/mol. The van der Waals surface area contributed by atoms with Crippen LogP contribution in [-0.4, -0.2) is 21.2 Å². The molecule has 5 nitrogen and oxygen atoms in total. The van der Waals surface area contributed by atoms with E-state index in [0.29, 0.717) is 15.4 Å². The van der Waals surface area contributed by atoms with Gasteiger partial charge in [-0.15, -0.1) is 11.3 Å². The number of benzene rings is 2. The SMILES string of the molecule is Cc1ccc(C)c(NC(=O)CSc2nc3ccsc3c(=O)n2Cc2ccc(F)cc2)c1. The number of aryl methyl sites for hydroxylation is 2. The van der Waals surface area contributed by atoms with Gasteiger partial charge in [0, 0.05) is 5.69 Å². The molecule has 0 aliphatic rings. The van der Waals surface area contributed by atoms with Gasteiger partial charge in [0.05, 0.1) is 17.8 Å². The Morgan fingerprint density at radius 1 is 1.16 bits per heavy atom. The maximum atomic E-state index is 13.3. The molecule has 2 aromatic carbocycles. The molecule has 1 amide bonds. The van der Waals surface area contributed by atoms with Crippen molar-refractivity contribution in [2.45, 2.75) is 25.5 Å². The molecule has 0 radical (unpaired) electrons. The molecule has 0 atom stereocenters. The Morgan fingerprint density at radius 2 is 1.94 bits per heavy atom. The van der Waals surface area contributed by atoms with E-state index in [0.717, 1.165) is 22.4 Å². The number of aromatic nitrogens is 2. The first-order chi connectivity index (χ1) is 14.9. The monoisotopic (exact) mass is 453 g/mol. The molecule has 31 heavy (non-hydrogen) atoms. The van der Waals surface area contributed by atoms with Gasteiger partial charge in [0.15, 0.2) is 5.16 Å². The molecule has 8 heteroatoms. The van der Waals surface area contributed by atoms with Crippen molar-refractivity contribution in [3.05, 3.63) is 86.8 Å². The summed E-state index contributed by atoms with van der Waals surface area (Å²) in [7, 11) is 0. The van der Waals surface area contributed by atoms with Crippen LogP contribution in [0.15, 0.2) is 63.9 Å². The van der Waals surface area contributed by atoms with E-state index in [2.05, 4.69) is 10.3 Å². The third kappa shape index (κ3) is 4.86. The van der Waals surface area contributed by atoms with Crippen LogP contribution in [0.5, 0.6) is 0 Å². The van der Waals surface area contributed by atoms with Gasteiger partial charge in [-0.05, 0) is 60.2 Å². The molecular formula is C23H20FN3O2S2. The largest absolute Gasteiger partial charge is 0.325 e. The van der Waals surface area contributed by atoms with E-state index in [1.807, 2.05) is 37.4 Å². The average Bonchev–Trinajstić information content (AvgIpc) is 3.22. The Hall–Kier alpha value is -2.97. The number of fused-ring (bicyclic) bond motifs is 1. The molecule has 0 fully saturated rings. The summed E-state index contributed by atoms with van der Waals surface area (Å²) in [4.78, 5) is 30.2. The summed E-state index contributed by atoms with van der Waals surface area (Å²) in [5.41, 5.74) is 4.05.